The van der Waals surface area contributed by atoms with Gasteiger partial charge in [-0.15, -0.1) is 0 Å². The standard InChI is InChI=1S/C25H23NO4S/c27-24-15-12-21(26(24)31-17-19-6-10-20(11-7-19)25(28)29)16-18-8-13-23(14-9-18)30-22-4-2-1-3-5-22/h1-11,13-14,21H,12,15-17H2,(H,28,29)/t21-/m1/s1. The quantitative estimate of drug-likeness (QED) is 0.471. The molecular weight excluding hydrogens is 410 g/mol. The predicted octanol–water partition coefficient (Wildman–Crippen LogP) is 5.56. The third kappa shape index (κ3) is 5.47. The van der Waals surface area contributed by atoms with Crippen LogP contribution in [0.2, 0.25) is 0 Å². The number of ether oxygens (including phenoxy) is 1. The fraction of sp³-hybridized carbons (Fsp3) is 0.200. The van der Waals surface area contributed by atoms with Crippen molar-refractivity contribution in [1.29, 1.82) is 0 Å². The van der Waals surface area contributed by atoms with Crippen molar-refractivity contribution in [1.82, 2.24) is 4.31 Å². The number of carboxylic acids is 1. The SMILES string of the molecule is O=C(O)c1ccc(CSN2C(=O)CC[C@@H]2Cc2ccc(Oc3ccccc3)cc2)cc1. The van der Waals surface area contributed by atoms with Crippen LogP contribution in [0.15, 0.2) is 78.9 Å². The van der Waals surface area contributed by atoms with Gasteiger partial charge in [-0.05, 0) is 72.3 Å². The van der Waals surface area contributed by atoms with Crippen molar-refractivity contribution in [3.05, 3.63) is 95.6 Å². The molecule has 1 N–H and O–H groups in total. The van der Waals surface area contributed by atoms with Gasteiger partial charge in [-0.2, -0.15) is 0 Å². The zero-order chi connectivity index (χ0) is 21.6. The van der Waals surface area contributed by atoms with Crippen molar-refractivity contribution < 1.29 is 19.4 Å². The molecule has 0 saturated carbocycles. The maximum absolute atomic E-state index is 12.4. The van der Waals surface area contributed by atoms with Gasteiger partial charge in [0.2, 0.25) is 5.91 Å². The van der Waals surface area contributed by atoms with E-state index in [1.807, 2.05) is 46.8 Å². The average molecular weight is 434 g/mol. The molecule has 1 heterocycles. The largest absolute Gasteiger partial charge is 0.478 e. The van der Waals surface area contributed by atoms with Crippen LogP contribution in [-0.4, -0.2) is 27.3 Å². The van der Waals surface area contributed by atoms with Gasteiger partial charge in [0.1, 0.15) is 11.5 Å². The fourth-order valence-corrected chi connectivity index (χ4v) is 4.67. The summed E-state index contributed by atoms with van der Waals surface area (Å²) < 4.78 is 7.74. The Morgan fingerprint density at radius 1 is 0.935 bits per heavy atom. The van der Waals surface area contributed by atoms with E-state index >= 15 is 0 Å². The molecule has 1 atom stereocenters. The van der Waals surface area contributed by atoms with Crippen LogP contribution in [0.5, 0.6) is 11.5 Å². The summed E-state index contributed by atoms with van der Waals surface area (Å²) in [5, 5.41) is 9.01. The molecule has 0 aliphatic carbocycles. The second kappa shape index (κ2) is 9.71. The van der Waals surface area contributed by atoms with Gasteiger partial charge in [0, 0.05) is 18.2 Å². The van der Waals surface area contributed by atoms with E-state index in [4.69, 9.17) is 9.84 Å². The minimum absolute atomic E-state index is 0.150. The van der Waals surface area contributed by atoms with Gasteiger partial charge in [-0.3, -0.25) is 9.10 Å². The number of carboxylic acid groups (broad SMARTS) is 1. The van der Waals surface area contributed by atoms with E-state index in [-0.39, 0.29) is 17.5 Å². The van der Waals surface area contributed by atoms with E-state index < -0.39 is 5.97 Å². The number of hydrogen-bond acceptors (Lipinski definition) is 4. The molecular formula is C25H23NO4S. The second-order valence-electron chi connectivity index (χ2n) is 7.45. The maximum Gasteiger partial charge on any atom is 0.335 e. The smallest absolute Gasteiger partial charge is 0.335 e. The lowest BCUT2D eigenvalue weighted by Gasteiger charge is -2.23. The Hall–Kier alpha value is -3.25. The van der Waals surface area contributed by atoms with Crippen molar-refractivity contribution in [3.63, 3.8) is 0 Å². The molecule has 3 aromatic carbocycles. The molecule has 1 fully saturated rings. The fourth-order valence-electron chi connectivity index (χ4n) is 3.56. The first-order valence-corrected chi connectivity index (χ1v) is 11.1. The Labute approximate surface area is 185 Å². The normalized spacial score (nSPS) is 15.8. The average Bonchev–Trinajstić information content (AvgIpc) is 3.13. The predicted molar refractivity (Wildman–Crippen MR) is 121 cm³/mol. The molecule has 1 saturated heterocycles. The molecule has 1 aliphatic rings. The molecule has 1 amide bonds. The highest BCUT2D eigenvalue weighted by molar-refractivity contribution is 7.96. The van der Waals surface area contributed by atoms with Crippen molar-refractivity contribution >= 4 is 23.8 Å². The summed E-state index contributed by atoms with van der Waals surface area (Å²) in [6, 6.07) is 24.6. The summed E-state index contributed by atoms with van der Waals surface area (Å²) in [6.45, 7) is 0. The van der Waals surface area contributed by atoms with Gasteiger partial charge in [0.05, 0.1) is 5.56 Å². The molecule has 0 bridgehead atoms. The third-order valence-electron chi connectivity index (χ3n) is 5.21. The molecule has 31 heavy (non-hydrogen) atoms. The number of benzene rings is 3. The molecule has 0 spiro atoms. The van der Waals surface area contributed by atoms with Crippen molar-refractivity contribution in [2.45, 2.75) is 31.1 Å². The van der Waals surface area contributed by atoms with E-state index in [1.165, 1.54) is 11.9 Å². The lowest BCUT2D eigenvalue weighted by molar-refractivity contribution is -0.124. The minimum Gasteiger partial charge on any atom is -0.478 e. The highest BCUT2D eigenvalue weighted by atomic mass is 32.2. The first kappa shape index (κ1) is 21.0. The number of aromatic carboxylic acids is 1. The third-order valence-corrected chi connectivity index (χ3v) is 6.46. The number of amides is 1. The van der Waals surface area contributed by atoms with Crippen LogP contribution in [0.3, 0.4) is 0 Å². The molecule has 0 radical (unpaired) electrons. The van der Waals surface area contributed by atoms with Crippen molar-refractivity contribution in [2.75, 3.05) is 0 Å². The van der Waals surface area contributed by atoms with E-state index in [0.717, 1.165) is 35.5 Å². The van der Waals surface area contributed by atoms with Crippen molar-refractivity contribution in [3.8, 4) is 11.5 Å². The summed E-state index contributed by atoms with van der Waals surface area (Å²) in [6.07, 6.45) is 2.19. The molecule has 6 heteroatoms. The highest BCUT2D eigenvalue weighted by Gasteiger charge is 2.31. The second-order valence-corrected chi connectivity index (χ2v) is 8.39. The first-order valence-electron chi connectivity index (χ1n) is 10.2. The zero-order valence-corrected chi connectivity index (χ0v) is 17.8. The van der Waals surface area contributed by atoms with E-state index in [0.29, 0.717) is 12.2 Å². The molecule has 158 valence electrons. The Morgan fingerprint density at radius 2 is 1.58 bits per heavy atom. The Morgan fingerprint density at radius 3 is 2.26 bits per heavy atom. The van der Waals surface area contributed by atoms with Gasteiger partial charge in [-0.25, -0.2) is 4.79 Å². The lowest BCUT2D eigenvalue weighted by Crippen LogP contribution is -2.28. The molecule has 0 aromatic heterocycles. The van der Waals surface area contributed by atoms with Crippen LogP contribution in [0.1, 0.15) is 34.3 Å². The number of nitrogens with zero attached hydrogens (tertiary/aromatic N) is 1. The number of hydrogen-bond donors (Lipinski definition) is 1. The van der Waals surface area contributed by atoms with Crippen LogP contribution in [-0.2, 0) is 17.0 Å². The summed E-state index contributed by atoms with van der Waals surface area (Å²) >= 11 is 1.50. The topological polar surface area (TPSA) is 66.8 Å². The Balaban J connectivity index is 1.35. The molecule has 0 unspecified atom stereocenters. The minimum atomic E-state index is -0.936. The maximum atomic E-state index is 12.4. The van der Waals surface area contributed by atoms with E-state index in [2.05, 4.69) is 12.1 Å². The lowest BCUT2D eigenvalue weighted by atomic mass is 10.0. The number of para-hydroxylation sites is 1. The van der Waals surface area contributed by atoms with Crippen LogP contribution < -0.4 is 4.74 Å². The summed E-state index contributed by atoms with van der Waals surface area (Å²) in [5.41, 5.74) is 2.43. The first-order chi connectivity index (χ1) is 15.1. The number of carbonyl (C=O) groups is 2. The van der Waals surface area contributed by atoms with Crippen LogP contribution in [0.25, 0.3) is 0 Å². The molecule has 3 aromatic rings. The number of rotatable bonds is 8. The zero-order valence-electron chi connectivity index (χ0n) is 16.9. The van der Waals surface area contributed by atoms with Crippen LogP contribution in [0.4, 0.5) is 0 Å². The Bertz CT molecular complexity index is 1040. The van der Waals surface area contributed by atoms with Gasteiger partial charge in [0.25, 0.3) is 0 Å². The van der Waals surface area contributed by atoms with Crippen LogP contribution in [0, 0.1) is 0 Å². The van der Waals surface area contributed by atoms with E-state index in [9.17, 15) is 9.59 Å². The summed E-state index contributed by atoms with van der Waals surface area (Å²) in [7, 11) is 0. The highest BCUT2D eigenvalue weighted by Crippen LogP contribution is 2.31. The number of carbonyl (C=O) groups excluding carboxylic acids is 1. The Kier molecular flexibility index (Phi) is 6.57. The molecule has 5 nitrogen and oxygen atoms in total. The molecule has 1 aliphatic heterocycles. The van der Waals surface area contributed by atoms with Crippen molar-refractivity contribution in [2.24, 2.45) is 0 Å². The van der Waals surface area contributed by atoms with Gasteiger partial charge >= 0.3 is 5.97 Å². The summed E-state index contributed by atoms with van der Waals surface area (Å²) in [5.74, 6) is 1.44. The van der Waals surface area contributed by atoms with Crippen LogP contribution >= 0.6 is 11.9 Å². The van der Waals surface area contributed by atoms with Gasteiger partial charge in [-0.1, -0.05) is 42.5 Å². The molecule has 4 rings (SSSR count). The monoisotopic (exact) mass is 433 g/mol. The van der Waals surface area contributed by atoms with E-state index in [1.54, 1.807) is 24.3 Å². The summed E-state index contributed by atoms with van der Waals surface area (Å²) in [4.78, 5) is 23.4. The van der Waals surface area contributed by atoms with Gasteiger partial charge in [0.15, 0.2) is 0 Å². The van der Waals surface area contributed by atoms with Gasteiger partial charge < -0.3 is 9.84 Å².